The monoisotopic (exact) mass is 528 g/mol. The van der Waals surface area contributed by atoms with E-state index in [4.69, 9.17) is 9.72 Å². The number of hydrogen-bond acceptors (Lipinski definition) is 6. The van der Waals surface area contributed by atoms with Gasteiger partial charge in [0, 0.05) is 24.7 Å². The van der Waals surface area contributed by atoms with Crippen molar-refractivity contribution < 1.29 is 13.2 Å². The van der Waals surface area contributed by atoms with Gasteiger partial charge < -0.3 is 9.64 Å². The molecule has 0 spiro atoms. The summed E-state index contributed by atoms with van der Waals surface area (Å²) < 4.78 is 34.6. The maximum absolute atomic E-state index is 13.3. The summed E-state index contributed by atoms with van der Waals surface area (Å²) in [6, 6.07) is 24.9. The number of hydrogen-bond donors (Lipinski definition) is 1. The normalized spacial score (nSPS) is 13.5. The van der Waals surface area contributed by atoms with E-state index >= 15 is 0 Å². The van der Waals surface area contributed by atoms with Crippen molar-refractivity contribution in [1.82, 2.24) is 9.97 Å². The number of nitrogens with zero attached hydrogens (tertiary/aromatic N) is 3. The Labute approximate surface area is 224 Å². The topological polar surface area (TPSA) is 84.4 Å². The van der Waals surface area contributed by atoms with Gasteiger partial charge in [0.15, 0.2) is 0 Å². The number of aromatic nitrogens is 2. The van der Waals surface area contributed by atoms with Gasteiger partial charge in [-0.25, -0.2) is 18.1 Å². The van der Waals surface area contributed by atoms with Crippen molar-refractivity contribution in [2.24, 2.45) is 0 Å². The van der Waals surface area contributed by atoms with Crippen molar-refractivity contribution in [3.8, 4) is 17.0 Å². The number of nitrogens with one attached hydrogen (secondary N) is 1. The van der Waals surface area contributed by atoms with E-state index in [1.807, 2.05) is 42.5 Å². The molecule has 196 valence electrons. The average Bonchev–Trinajstić information content (AvgIpc) is 3.16. The lowest BCUT2D eigenvalue weighted by atomic mass is 10.0. The predicted molar refractivity (Wildman–Crippen MR) is 151 cm³/mol. The minimum absolute atomic E-state index is 0.0375. The van der Waals surface area contributed by atoms with Crippen LogP contribution in [0.4, 0.5) is 11.8 Å². The molecule has 1 N–H and O–H groups in total. The van der Waals surface area contributed by atoms with Gasteiger partial charge in [-0.15, -0.1) is 0 Å². The van der Waals surface area contributed by atoms with Crippen LogP contribution in [0.3, 0.4) is 0 Å². The number of anilines is 2. The van der Waals surface area contributed by atoms with Crippen LogP contribution in [0.25, 0.3) is 11.3 Å². The molecule has 0 fully saturated rings. The van der Waals surface area contributed by atoms with Crippen molar-refractivity contribution in [2.45, 2.75) is 44.0 Å². The number of ether oxygens (including phenoxy) is 1. The number of fused-ring (bicyclic) bond motifs is 1. The van der Waals surface area contributed by atoms with Gasteiger partial charge in [0.05, 0.1) is 17.7 Å². The molecule has 5 rings (SSSR count). The van der Waals surface area contributed by atoms with Crippen LogP contribution in [0.1, 0.15) is 36.5 Å². The highest BCUT2D eigenvalue weighted by atomic mass is 32.2. The molecule has 0 atom stereocenters. The maximum atomic E-state index is 13.3. The van der Waals surface area contributed by atoms with Crippen molar-refractivity contribution in [3.05, 3.63) is 95.6 Å². The first-order valence-electron chi connectivity index (χ1n) is 12.9. The molecule has 7 nitrogen and oxygen atoms in total. The smallest absolute Gasteiger partial charge is 0.264 e. The summed E-state index contributed by atoms with van der Waals surface area (Å²) in [5.41, 5.74) is 5.12. The Balaban J connectivity index is 1.53. The van der Waals surface area contributed by atoms with Crippen molar-refractivity contribution >= 4 is 21.8 Å². The zero-order chi connectivity index (χ0) is 26.5. The molecule has 0 amide bonds. The van der Waals surface area contributed by atoms with E-state index in [-0.39, 0.29) is 10.8 Å². The molecule has 0 bridgehead atoms. The van der Waals surface area contributed by atoms with E-state index in [1.54, 1.807) is 19.2 Å². The second-order valence-corrected chi connectivity index (χ2v) is 11.1. The van der Waals surface area contributed by atoms with Crippen LogP contribution in [0.2, 0.25) is 0 Å². The molecule has 0 radical (unpaired) electrons. The number of aryl methyl sites for hydroxylation is 2. The Morgan fingerprint density at radius 2 is 1.74 bits per heavy atom. The van der Waals surface area contributed by atoms with Gasteiger partial charge in [-0.05, 0) is 60.2 Å². The maximum Gasteiger partial charge on any atom is 0.264 e. The van der Waals surface area contributed by atoms with Crippen LogP contribution < -0.4 is 14.4 Å². The van der Waals surface area contributed by atoms with Crippen LogP contribution in [-0.2, 0) is 29.4 Å². The number of methoxy groups -OCH3 is 1. The summed E-state index contributed by atoms with van der Waals surface area (Å²) in [7, 11) is -2.26. The third kappa shape index (κ3) is 5.81. The summed E-state index contributed by atoms with van der Waals surface area (Å²) in [4.78, 5) is 11.7. The van der Waals surface area contributed by atoms with E-state index in [1.165, 1.54) is 11.1 Å². The predicted octanol–water partition coefficient (Wildman–Crippen LogP) is 5.86. The highest BCUT2D eigenvalue weighted by Crippen LogP contribution is 2.29. The first kappa shape index (κ1) is 25.7. The SMILES string of the molecule is CCCc1ccc(S(=O)(=O)Nc2nc(-c3cccc(OC)c3)cc(N3CCCc4ccccc4C3)n2)cc1. The largest absolute Gasteiger partial charge is 0.497 e. The molecule has 2 heterocycles. The fraction of sp³-hybridized carbons (Fsp3) is 0.267. The highest BCUT2D eigenvalue weighted by molar-refractivity contribution is 7.92. The van der Waals surface area contributed by atoms with Crippen LogP contribution in [0, 0.1) is 0 Å². The lowest BCUT2D eigenvalue weighted by Crippen LogP contribution is -2.25. The Morgan fingerprint density at radius 1 is 0.947 bits per heavy atom. The Kier molecular flexibility index (Phi) is 7.60. The average molecular weight is 529 g/mol. The molecule has 38 heavy (non-hydrogen) atoms. The van der Waals surface area contributed by atoms with Gasteiger partial charge in [-0.3, -0.25) is 0 Å². The fourth-order valence-corrected chi connectivity index (χ4v) is 5.72. The molecule has 1 aliphatic rings. The third-order valence-corrected chi connectivity index (χ3v) is 8.10. The third-order valence-electron chi connectivity index (χ3n) is 6.75. The van der Waals surface area contributed by atoms with Gasteiger partial charge in [0.25, 0.3) is 10.0 Å². The van der Waals surface area contributed by atoms with E-state index in [2.05, 4.69) is 45.8 Å². The lowest BCUT2D eigenvalue weighted by molar-refractivity contribution is 0.415. The van der Waals surface area contributed by atoms with Crippen molar-refractivity contribution in [3.63, 3.8) is 0 Å². The van der Waals surface area contributed by atoms with Gasteiger partial charge in [0.2, 0.25) is 5.95 Å². The fourth-order valence-electron chi connectivity index (χ4n) is 4.77. The number of sulfonamides is 1. The van der Waals surface area contributed by atoms with Gasteiger partial charge in [-0.1, -0.05) is 61.9 Å². The highest BCUT2D eigenvalue weighted by Gasteiger charge is 2.21. The molecular weight excluding hydrogens is 496 g/mol. The van der Waals surface area contributed by atoms with E-state index < -0.39 is 10.0 Å². The van der Waals surface area contributed by atoms with Crippen molar-refractivity contribution in [2.75, 3.05) is 23.3 Å². The summed E-state index contributed by atoms with van der Waals surface area (Å²) >= 11 is 0. The summed E-state index contributed by atoms with van der Waals surface area (Å²) in [5, 5.41) is 0. The minimum atomic E-state index is -3.88. The minimum Gasteiger partial charge on any atom is -0.497 e. The second kappa shape index (κ2) is 11.2. The Hall–Kier alpha value is -3.91. The second-order valence-electron chi connectivity index (χ2n) is 9.46. The number of benzene rings is 3. The van der Waals surface area contributed by atoms with Crippen LogP contribution >= 0.6 is 0 Å². The quantitative estimate of drug-likeness (QED) is 0.308. The number of rotatable bonds is 8. The molecule has 3 aromatic carbocycles. The van der Waals surface area contributed by atoms with E-state index in [0.717, 1.165) is 43.4 Å². The lowest BCUT2D eigenvalue weighted by Gasteiger charge is -2.23. The Morgan fingerprint density at radius 3 is 2.50 bits per heavy atom. The molecular formula is C30H32N4O3S. The van der Waals surface area contributed by atoms with Crippen molar-refractivity contribution in [1.29, 1.82) is 0 Å². The first-order valence-corrected chi connectivity index (χ1v) is 14.4. The molecule has 0 saturated carbocycles. The van der Waals surface area contributed by atoms with Gasteiger partial charge in [0.1, 0.15) is 11.6 Å². The molecule has 4 aromatic rings. The van der Waals surface area contributed by atoms with Gasteiger partial charge >= 0.3 is 0 Å². The first-order chi connectivity index (χ1) is 18.4. The van der Waals surface area contributed by atoms with E-state index in [9.17, 15) is 8.42 Å². The summed E-state index contributed by atoms with van der Waals surface area (Å²) in [6.45, 7) is 3.59. The molecule has 1 aliphatic heterocycles. The van der Waals surface area contributed by atoms with Gasteiger partial charge in [-0.2, -0.15) is 4.98 Å². The standard InChI is InChI=1S/C30H32N4O3S/c1-3-8-22-14-16-27(17-15-22)38(35,36)33-30-31-28(24-11-6-13-26(19-24)37-2)20-29(32-30)34-18-7-12-23-9-4-5-10-25(23)21-34/h4-6,9-11,13-17,19-20H,3,7-8,12,18,21H2,1-2H3,(H,31,32,33). The zero-order valence-electron chi connectivity index (χ0n) is 21.7. The molecule has 1 aromatic heterocycles. The molecule has 0 aliphatic carbocycles. The van der Waals surface area contributed by atoms with Crippen LogP contribution in [-0.4, -0.2) is 32.0 Å². The summed E-state index contributed by atoms with van der Waals surface area (Å²) in [6.07, 6.45) is 3.87. The van der Waals surface area contributed by atoms with E-state index in [0.29, 0.717) is 23.8 Å². The zero-order valence-corrected chi connectivity index (χ0v) is 22.5. The Bertz CT molecular complexity index is 1520. The molecule has 0 saturated heterocycles. The molecule has 0 unspecified atom stereocenters. The summed E-state index contributed by atoms with van der Waals surface area (Å²) in [5.74, 6) is 1.40. The van der Waals surface area contributed by atoms with Crippen LogP contribution in [0.5, 0.6) is 5.75 Å². The molecule has 8 heteroatoms. The van der Waals surface area contributed by atoms with Crippen LogP contribution in [0.15, 0.2) is 83.8 Å².